The highest BCUT2D eigenvalue weighted by Gasteiger charge is 2.33. The summed E-state index contributed by atoms with van der Waals surface area (Å²) in [6, 6.07) is 12.6. The van der Waals surface area contributed by atoms with Crippen LogP contribution in [0.1, 0.15) is 18.1 Å². The van der Waals surface area contributed by atoms with Crippen molar-refractivity contribution in [3.05, 3.63) is 64.1 Å². The zero-order valence-corrected chi connectivity index (χ0v) is 14.9. The second kappa shape index (κ2) is 7.76. The lowest BCUT2D eigenvalue weighted by atomic mass is 10.1. The average molecular weight is 416 g/mol. The summed E-state index contributed by atoms with van der Waals surface area (Å²) in [6.45, 7) is 1.77. The molecule has 2 N–H and O–H groups in total. The van der Waals surface area contributed by atoms with Gasteiger partial charge >= 0.3 is 6.18 Å². The van der Waals surface area contributed by atoms with Gasteiger partial charge < -0.3 is 5.32 Å². The highest BCUT2D eigenvalue weighted by Crippen LogP contribution is 2.34. The normalized spacial score (nSPS) is 12.0. The third-order valence-corrected chi connectivity index (χ3v) is 3.79. The van der Waals surface area contributed by atoms with Crippen molar-refractivity contribution in [3.8, 4) is 0 Å². The number of hydrogen-bond acceptors (Lipinski definition) is 2. The third kappa shape index (κ3) is 5.04. The first-order chi connectivity index (χ1) is 11.3. The number of thiocarbonyl (C=S) groups is 1. The van der Waals surface area contributed by atoms with Gasteiger partial charge in [0.2, 0.25) is 0 Å². The predicted molar refractivity (Wildman–Crippen MR) is 97.2 cm³/mol. The maximum absolute atomic E-state index is 12.9. The number of hydrazone groups is 1. The van der Waals surface area contributed by atoms with Crippen LogP contribution in [-0.2, 0) is 6.18 Å². The maximum atomic E-state index is 12.9. The fraction of sp³-hybridized carbons (Fsp3) is 0.125. The third-order valence-electron chi connectivity index (χ3n) is 3.07. The van der Waals surface area contributed by atoms with Gasteiger partial charge in [-0.2, -0.15) is 18.3 Å². The summed E-state index contributed by atoms with van der Waals surface area (Å²) in [5, 5.41) is 6.57. The molecule has 126 valence electrons. The summed E-state index contributed by atoms with van der Waals surface area (Å²) in [4.78, 5) is 0. The quantitative estimate of drug-likeness (QED) is 0.412. The van der Waals surface area contributed by atoms with Gasteiger partial charge in [-0.15, -0.1) is 0 Å². The van der Waals surface area contributed by atoms with E-state index in [9.17, 15) is 13.2 Å². The van der Waals surface area contributed by atoms with E-state index in [-0.39, 0.29) is 10.8 Å². The molecule has 0 spiro atoms. The minimum Gasteiger partial charge on any atom is -0.331 e. The SMILES string of the molecule is C/C(=N\NC(=S)Nc1ccccc1C(F)(F)F)c1ccc(Br)cc1. The lowest BCUT2D eigenvalue weighted by Crippen LogP contribution is -2.26. The molecular weight excluding hydrogens is 403 g/mol. The first-order valence-electron chi connectivity index (χ1n) is 6.81. The number of rotatable bonds is 3. The molecule has 0 amide bonds. The van der Waals surface area contributed by atoms with Gasteiger partial charge in [0.15, 0.2) is 5.11 Å². The number of nitrogens with one attached hydrogen (secondary N) is 2. The van der Waals surface area contributed by atoms with Crippen LogP contribution in [0.25, 0.3) is 0 Å². The Hall–Kier alpha value is -1.93. The van der Waals surface area contributed by atoms with Crippen molar-refractivity contribution < 1.29 is 13.2 Å². The second-order valence-electron chi connectivity index (χ2n) is 4.81. The standard InChI is InChI=1S/C16H13BrF3N3S/c1-10(11-6-8-12(17)9-7-11)22-23-15(24)21-14-5-3-2-4-13(14)16(18,19)20/h2-9H,1H3,(H2,21,23,24)/b22-10+. The summed E-state index contributed by atoms with van der Waals surface area (Å²) in [6.07, 6.45) is -4.46. The topological polar surface area (TPSA) is 36.4 Å². The first-order valence-corrected chi connectivity index (χ1v) is 8.01. The molecule has 0 unspecified atom stereocenters. The molecule has 0 aliphatic carbocycles. The molecule has 2 aromatic carbocycles. The van der Waals surface area contributed by atoms with Gasteiger partial charge in [-0.1, -0.05) is 40.2 Å². The molecule has 0 fully saturated rings. The molecule has 2 rings (SSSR count). The Morgan fingerprint density at radius 2 is 1.71 bits per heavy atom. The van der Waals surface area contributed by atoms with Crippen molar-refractivity contribution in [2.24, 2.45) is 5.10 Å². The highest BCUT2D eigenvalue weighted by atomic mass is 79.9. The molecule has 24 heavy (non-hydrogen) atoms. The maximum Gasteiger partial charge on any atom is 0.418 e. The van der Waals surface area contributed by atoms with E-state index in [2.05, 4.69) is 31.8 Å². The Labute approximate surface area is 151 Å². The van der Waals surface area contributed by atoms with E-state index in [1.54, 1.807) is 6.92 Å². The zero-order valence-electron chi connectivity index (χ0n) is 12.5. The van der Waals surface area contributed by atoms with Crippen LogP contribution in [0.15, 0.2) is 58.1 Å². The van der Waals surface area contributed by atoms with Crippen molar-refractivity contribution in [1.29, 1.82) is 0 Å². The molecule has 3 nitrogen and oxygen atoms in total. The zero-order chi connectivity index (χ0) is 17.7. The smallest absolute Gasteiger partial charge is 0.331 e. The van der Waals surface area contributed by atoms with E-state index in [4.69, 9.17) is 12.2 Å². The van der Waals surface area contributed by atoms with Crippen molar-refractivity contribution in [1.82, 2.24) is 5.43 Å². The Balaban J connectivity index is 2.06. The number of halogens is 4. The molecule has 0 aromatic heterocycles. The number of alkyl halides is 3. The fourth-order valence-electron chi connectivity index (χ4n) is 1.88. The summed E-state index contributed by atoms with van der Waals surface area (Å²) >= 11 is 8.34. The molecule has 0 saturated heterocycles. The van der Waals surface area contributed by atoms with Gasteiger partial charge in [0.1, 0.15) is 0 Å². The monoisotopic (exact) mass is 415 g/mol. The van der Waals surface area contributed by atoms with E-state index in [1.165, 1.54) is 18.2 Å². The summed E-state index contributed by atoms with van der Waals surface area (Å²) in [5.74, 6) is 0. The van der Waals surface area contributed by atoms with E-state index < -0.39 is 11.7 Å². The van der Waals surface area contributed by atoms with Crippen LogP contribution in [0.5, 0.6) is 0 Å². The molecule has 2 aromatic rings. The molecule has 0 bridgehead atoms. The summed E-state index contributed by atoms with van der Waals surface area (Å²) in [5.41, 5.74) is 3.15. The van der Waals surface area contributed by atoms with Gasteiger partial charge in [0, 0.05) is 4.47 Å². The van der Waals surface area contributed by atoms with Crippen molar-refractivity contribution in [2.75, 3.05) is 5.32 Å². The lowest BCUT2D eigenvalue weighted by Gasteiger charge is -2.14. The van der Waals surface area contributed by atoms with Crippen molar-refractivity contribution in [2.45, 2.75) is 13.1 Å². The number of hydrogen-bond donors (Lipinski definition) is 2. The van der Waals surface area contributed by atoms with Gasteiger partial charge in [0.05, 0.1) is 17.0 Å². The Bertz CT molecular complexity index is 758. The Morgan fingerprint density at radius 1 is 1.08 bits per heavy atom. The number of benzene rings is 2. The molecule has 0 aliphatic heterocycles. The van der Waals surface area contributed by atoms with Gasteiger partial charge in [-0.25, -0.2) is 0 Å². The van der Waals surface area contributed by atoms with E-state index >= 15 is 0 Å². The summed E-state index contributed by atoms with van der Waals surface area (Å²) in [7, 11) is 0. The number of nitrogens with zero attached hydrogens (tertiary/aromatic N) is 1. The molecule has 0 saturated carbocycles. The Kier molecular flexibility index (Phi) is 5.95. The van der Waals surface area contributed by atoms with Crippen LogP contribution < -0.4 is 10.7 Å². The van der Waals surface area contributed by atoms with Crippen molar-refractivity contribution in [3.63, 3.8) is 0 Å². The molecule has 0 heterocycles. The molecule has 0 atom stereocenters. The van der Waals surface area contributed by atoms with E-state index in [1.807, 2.05) is 24.3 Å². The average Bonchev–Trinajstić information content (AvgIpc) is 2.53. The minimum atomic E-state index is -4.46. The lowest BCUT2D eigenvalue weighted by molar-refractivity contribution is -0.136. The minimum absolute atomic E-state index is 0.0249. The van der Waals surface area contributed by atoms with E-state index in [0.29, 0.717) is 5.71 Å². The van der Waals surface area contributed by atoms with Crippen LogP contribution in [0.3, 0.4) is 0 Å². The van der Waals surface area contributed by atoms with Crippen LogP contribution in [0.2, 0.25) is 0 Å². The number of para-hydroxylation sites is 1. The van der Waals surface area contributed by atoms with Gasteiger partial charge in [-0.05, 0) is 49.0 Å². The van der Waals surface area contributed by atoms with Crippen LogP contribution in [0.4, 0.5) is 18.9 Å². The van der Waals surface area contributed by atoms with Crippen LogP contribution in [0, 0.1) is 0 Å². The fourth-order valence-corrected chi connectivity index (χ4v) is 2.30. The van der Waals surface area contributed by atoms with Crippen molar-refractivity contribution >= 4 is 44.7 Å². The predicted octanol–water partition coefficient (Wildman–Crippen LogP) is 5.18. The molecule has 0 aliphatic rings. The molecule has 0 radical (unpaired) electrons. The van der Waals surface area contributed by atoms with Crippen LogP contribution >= 0.6 is 28.1 Å². The van der Waals surface area contributed by atoms with E-state index in [0.717, 1.165) is 16.1 Å². The first kappa shape index (κ1) is 18.4. The highest BCUT2D eigenvalue weighted by molar-refractivity contribution is 9.10. The second-order valence-corrected chi connectivity index (χ2v) is 6.14. The van der Waals surface area contributed by atoms with Gasteiger partial charge in [0.25, 0.3) is 0 Å². The number of anilines is 1. The summed E-state index contributed by atoms with van der Waals surface area (Å²) < 4.78 is 39.7. The largest absolute Gasteiger partial charge is 0.418 e. The Morgan fingerprint density at radius 3 is 2.33 bits per heavy atom. The molecule has 8 heteroatoms. The molecular formula is C16H13BrF3N3S. The van der Waals surface area contributed by atoms with Crippen LogP contribution in [-0.4, -0.2) is 10.8 Å². The van der Waals surface area contributed by atoms with Gasteiger partial charge in [-0.3, -0.25) is 5.43 Å².